The Morgan fingerprint density at radius 1 is 1.36 bits per heavy atom. The molecule has 2 saturated heterocycles. The van der Waals surface area contributed by atoms with Gasteiger partial charge in [-0.1, -0.05) is 6.92 Å². The number of aliphatic imine (C=N–C) groups is 1. The van der Waals surface area contributed by atoms with E-state index in [1.54, 1.807) is 7.05 Å². The minimum atomic E-state index is -0.150. The Balaban J connectivity index is 1.66. The molecule has 0 spiro atoms. The molecular weight excluding hydrogens is 360 g/mol. The SMILES string of the molecule is CN=C(NCC(c1ccc(C)o1)N1CCOCC1)N1CC(C)C(C(=O)OC)C1. The topological polar surface area (TPSA) is 79.5 Å². The Kier molecular flexibility index (Phi) is 6.96. The first-order valence-electron chi connectivity index (χ1n) is 9.95. The Labute approximate surface area is 166 Å². The number of rotatable bonds is 5. The third kappa shape index (κ3) is 4.67. The van der Waals surface area contributed by atoms with E-state index in [2.05, 4.69) is 27.0 Å². The molecule has 3 unspecified atom stereocenters. The van der Waals surface area contributed by atoms with E-state index in [1.165, 1.54) is 7.11 Å². The average Bonchev–Trinajstić information content (AvgIpc) is 3.31. The molecule has 0 aromatic carbocycles. The molecule has 1 N–H and O–H groups in total. The van der Waals surface area contributed by atoms with Gasteiger partial charge in [-0.2, -0.15) is 0 Å². The Hall–Kier alpha value is -2.06. The largest absolute Gasteiger partial charge is 0.469 e. The van der Waals surface area contributed by atoms with E-state index >= 15 is 0 Å². The molecule has 0 radical (unpaired) electrons. The van der Waals surface area contributed by atoms with Gasteiger partial charge in [0.2, 0.25) is 0 Å². The van der Waals surface area contributed by atoms with Gasteiger partial charge in [0.15, 0.2) is 5.96 Å². The van der Waals surface area contributed by atoms with Crippen molar-refractivity contribution in [1.29, 1.82) is 0 Å². The lowest BCUT2D eigenvalue weighted by molar-refractivity contribution is -0.145. The highest BCUT2D eigenvalue weighted by atomic mass is 16.5. The summed E-state index contributed by atoms with van der Waals surface area (Å²) in [7, 11) is 3.22. The van der Waals surface area contributed by atoms with Crippen LogP contribution in [-0.4, -0.2) is 81.8 Å². The summed E-state index contributed by atoms with van der Waals surface area (Å²) in [5.41, 5.74) is 0. The first kappa shape index (κ1) is 20.7. The number of guanidine groups is 1. The van der Waals surface area contributed by atoms with Gasteiger partial charge < -0.3 is 24.1 Å². The van der Waals surface area contributed by atoms with Crippen LogP contribution in [-0.2, 0) is 14.3 Å². The number of hydrogen-bond donors (Lipinski definition) is 1. The molecule has 2 aliphatic heterocycles. The fourth-order valence-corrected chi connectivity index (χ4v) is 4.05. The molecule has 0 aliphatic carbocycles. The summed E-state index contributed by atoms with van der Waals surface area (Å²) in [5, 5.41) is 3.50. The monoisotopic (exact) mass is 392 g/mol. The van der Waals surface area contributed by atoms with Gasteiger partial charge in [-0.25, -0.2) is 0 Å². The second-order valence-corrected chi connectivity index (χ2v) is 7.55. The predicted molar refractivity (Wildman–Crippen MR) is 106 cm³/mol. The van der Waals surface area contributed by atoms with Crippen molar-refractivity contribution in [2.45, 2.75) is 19.9 Å². The fraction of sp³-hybridized carbons (Fsp3) is 0.700. The lowest BCUT2D eigenvalue weighted by atomic mass is 9.99. The molecule has 3 rings (SSSR count). The molecule has 0 amide bonds. The molecule has 2 aliphatic rings. The molecule has 1 aromatic rings. The summed E-state index contributed by atoms with van der Waals surface area (Å²) >= 11 is 0. The molecule has 156 valence electrons. The number of esters is 1. The number of ether oxygens (including phenoxy) is 2. The average molecular weight is 393 g/mol. The molecule has 3 heterocycles. The van der Waals surface area contributed by atoms with Crippen molar-refractivity contribution in [3.63, 3.8) is 0 Å². The minimum absolute atomic E-state index is 0.103. The summed E-state index contributed by atoms with van der Waals surface area (Å²) in [5.74, 6) is 2.62. The van der Waals surface area contributed by atoms with Crippen LogP contribution in [0.3, 0.4) is 0 Å². The van der Waals surface area contributed by atoms with Crippen LogP contribution >= 0.6 is 0 Å². The van der Waals surface area contributed by atoms with Crippen LogP contribution in [0.15, 0.2) is 21.5 Å². The summed E-state index contributed by atoms with van der Waals surface area (Å²) in [4.78, 5) is 21.0. The first-order valence-corrected chi connectivity index (χ1v) is 9.95. The van der Waals surface area contributed by atoms with E-state index in [0.717, 1.165) is 50.3 Å². The maximum atomic E-state index is 12.0. The van der Waals surface area contributed by atoms with E-state index in [1.807, 2.05) is 19.1 Å². The lowest BCUT2D eigenvalue weighted by Gasteiger charge is -2.34. The van der Waals surface area contributed by atoms with Gasteiger partial charge in [-0.15, -0.1) is 0 Å². The van der Waals surface area contributed by atoms with Crippen LogP contribution in [0.2, 0.25) is 0 Å². The summed E-state index contributed by atoms with van der Waals surface area (Å²) in [6.45, 7) is 9.32. The normalized spacial score (nSPS) is 25.0. The fourth-order valence-electron chi connectivity index (χ4n) is 4.05. The van der Waals surface area contributed by atoms with Gasteiger partial charge in [0.1, 0.15) is 11.5 Å². The molecule has 3 atom stereocenters. The van der Waals surface area contributed by atoms with Crippen LogP contribution in [0.1, 0.15) is 24.5 Å². The Morgan fingerprint density at radius 2 is 2.11 bits per heavy atom. The second-order valence-electron chi connectivity index (χ2n) is 7.55. The minimum Gasteiger partial charge on any atom is -0.469 e. The second kappa shape index (κ2) is 9.43. The summed E-state index contributed by atoms with van der Waals surface area (Å²) in [6, 6.07) is 4.15. The summed E-state index contributed by atoms with van der Waals surface area (Å²) < 4.78 is 16.4. The van der Waals surface area contributed by atoms with Crippen molar-refractivity contribution in [2.75, 3.05) is 60.1 Å². The lowest BCUT2D eigenvalue weighted by Crippen LogP contribution is -2.47. The number of aryl methyl sites for hydroxylation is 1. The van der Waals surface area contributed by atoms with Crippen LogP contribution < -0.4 is 5.32 Å². The van der Waals surface area contributed by atoms with Gasteiger partial charge >= 0.3 is 5.97 Å². The van der Waals surface area contributed by atoms with Crippen molar-refractivity contribution in [2.24, 2.45) is 16.8 Å². The van der Waals surface area contributed by atoms with Crippen molar-refractivity contribution in [1.82, 2.24) is 15.1 Å². The van der Waals surface area contributed by atoms with Crippen molar-refractivity contribution >= 4 is 11.9 Å². The van der Waals surface area contributed by atoms with Crippen molar-refractivity contribution < 1.29 is 18.7 Å². The molecule has 8 heteroatoms. The zero-order valence-corrected chi connectivity index (χ0v) is 17.3. The van der Waals surface area contributed by atoms with E-state index in [9.17, 15) is 4.79 Å². The highest BCUT2D eigenvalue weighted by Gasteiger charge is 2.37. The standard InChI is InChI=1S/C20H32N4O4/c1-14-12-24(13-16(14)19(25)26-4)20(21-3)22-11-17(18-6-5-15(2)28-18)23-7-9-27-10-8-23/h5-6,14,16-17H,7-13H2,1-4H3,(H,21,22). The number of morpholine rings is 1. The third-order valence-electron chi connectivity index (χ3n) is 5.66. The summed E-state index contributed by atoms with van der Waals surface area (Å²) in [6.07, 6.45) is 0. The molecule has 8 nitrogen and oxygen atoms in total. The highest BCUT2D eigenvalue weighted by molar-refractivity contribution is 5.82. The zero-order valence-electron chi connectivity index (χ0n) is 17.3. The van der Waals surface area contributed by atoms with Crippen LogP contribution in [0.5, 0.6) is 0 Å². The Morgan fingerprint density at radius 3 is 2.71 bits per heavy atom. The quantitative estimate of drug-likeness (QED) is 0.459. The van der Waals surface area contributed by atoms with Crippen LogP contribution in [0.25, 0.3) is 0 Å². The number of carbonyl (C=O) groups is 1. The van der Waals surface area contributed by atoms with Crippen LogP contribution in [0.4, 0.5) is 0 Å². The van der Waals surface area contributed by atoms with Gasteiger partial charge in [0.25, 0.3) is 0 Å². The number of hydrogen-bond acceptors (Lipinski definition) is 6. The van der Waals surface area contributed by atoms with E-state index in [-0.39, 0.29) is 23.8 Å². The van der Waals surface area contributed by atoms with Crippen LogP contribution in [0, 0.1) is 18.8 Å². The van der Waals surface area contributed by atoms with E-state index in [4.69, 9.17) is 13.9 Å². The van der Waals surface area contributed by atoms with E-state index in [0.29, 0.717) is 13.1 Å². The molecule has 0 saturated carbocycles. The number of methoxy groups -OCH3 is 1. The van der Waals surface area contributed by atoms with Gasteiger partial charge in [0.05, 0.1) is 32.3 Å². The molecule has 28 heavy (non-hydrogen) atoms. The third-order valence-corrected chi connectivity index (χ3v) is 5.66. The van der Waals surface area contributed by atoms with Crippen molar-refractivity contribution in [3.05, 3.63) is 23.7 Å². The molecule has 0 bridgehead atoms. The number of nitrogens with one attached hydrogen (secondary N) is 1. The Bertz CT molecular complexity index is 684. The van der Waals surface area contributed by atoms with Gasteiger partial charge in [-0.3, -0.25) is 14.7 Å². The number of likely N-dealkylation sites (tertiary alicyclic amines) is 1. The van der Waals surface area contributed by atoms with Crippen molar-refractivity contribution in [3.8, 4) is 0 Å². The molecule has 1 aromatic heterocycles. The number of nitrogens with zero attached hydrogens (tertiary/aromatic N) is 3. The van der Waals surface area contributed by atoms with Gasteiger partial charge in [0, 0.05) is 39.8 Å². The highest BCUT2D eigenvalue weighted by Crippen LogP contribution is 2.26. The number of furan rings is 1. The van der Waals surface area contributed by atoms with E-state index < -0.39 is 0 Å². The molecular formula is C20H32N4O4. The smallest absolute Gasteiger partial charge is 0.310 e. The maximum absolute atomic E-state index is 12.0. The number of carbonyl (C=O) groups excluding carboxylic acids is 1. The van der Waals surface area contributed by atoms with Gasteiger partial charge in [-0.05, 0) is 25.0 Å². The maximum Gasteiger partial charge on any atom is 0.310 e. The zero-order chi connectivity index (χ0) is 20.1. The first-order chi connectivity index (χ1) is 13.5. The predicted octanol–water partition coefficient (Wildman–Crippen LogP) is 1.28. The molecule has 2 fully saturated rings.